The lowest BCUT2D eigenvalue weighted by atomic mass is 10.1. The molecule has 0 bridgehead atoms. The van der Waals surface area contributed by atoms with Gasteiger partial charge in [0.15, 0.2) is 0 Å². The monoisotopic (exact) mass is 162 g/mol. The highest BCUT2D eigenvalue weighted by molar-refractivity contribution is 8.00. The van der Waals surface area contributed by atoms with Crippen molar-refractivity contribution >= 4 is 11.8 Å². The van der Waals surface area contributed by atoms with Crippen molar-refractivity contribution in [1.29, 1.82) is 0 Å². The summed E-state index contributed by atoms with van der Waals surface area (Å²) in [5, 5.41) is 0.924. The van der Waals surface area contributed by atoms with E-state index in [1.807, 2.05) is 0 Å². The first kappa shape index (κ1) is 6.13. The van der Waals surface area contributed by atoms with E-state index in [4.69, 9.17) is 0 Å². The number of hydrogen-bond donors (Lipinski definition) is 0. The molecule has 3 unspecified atom stereocenters. The molecule has 1 heteroatoms. The Morgan fingerprint density at radius 2 is 2.09 bits per heavy atom. The van der Waals surface area contributed by atoms with Crippen LogP contribution in [0.2, 0.25) is 0 Å². The molecule has 1 aliphatic heterocycles. The van der Waals surface area contributed by atoms with Crippen molar-refractivity contribution in [3.8, 4) is 0 Å². The second kappa shape index (κ2) is 1.84. The highest BCUT2D eigenvalue weighted by atomic mass is 32.2. The zero-order chi connectivity index (χ0) is 7.42. The molecule has 3 rings (SSSR count). The second-order valence-corrected chi connectivity index (χ2v) is 4.73. The maximum absolute atomic E-state index is 2.36. The van der Waals surface area contributed by atoms with Crippen molar-refractivity contribution in [2.45, 2.75) is 23.0 Å². The van der Waals surface area contributed by atoms with Gasteiger partial charge in [-0.15, -0.1) is 11.8 Å². The summed E-state index contributed by atoms with van der Waals surface area (Å²) < 4.78 is 0. The number of hydrogen-bond acceptors (Lipinski definition) is 1. The minimum absolute atomic E-state index is 0.899. The topological polar surface area (TPSA) is 0 Å². The average Bonchev–Trinajstić information content (AvgIpc) is 2.55. The molecule has 1 aliphatic carbocycles. The molecule has 1 heterocycles. The van der Waals surface area contributed by atoms with Gasteiger partial charge in [-0.05, 0) is 17.5 Å². The molecular formula is C10H10S. The molecule has 0 spiro atoms. The third kappa shape index (κ3) is 0.672. The predicted octanol–water partition coefficient (Wildman–Crippen LogP) is 2.89. The van der Waals surface area contributed by atoms with E-state index in [2.05, 4.69) is 43.0 Å². The van der Waals surface area contributed by atoms with E-state index < -0.39 is 0 Å². The number of fused-ring (bicyclic) bond motifs is 3. The fourth-order valence-electron chi connectivity index (χ4n) is 2.08. The summed E-state index contributed by atoms with van der Waals surface area (Å²) in [6.07, 6.45) is 0. The SMILES string of the molecule is CC1C2Sc3ccccc3C12. The Bertz CT molecular complexity index is 305. The van der Waals surface area contributed by atoms with Gasteiger partial charge in [0, 0.05) is 16.1 Å². The molecule has 2 aliphatic rings. The van der Waals surface area contributed by atoms with Crippen LogP contribution in [0.4, 0.5) is 0 Å². The smallest absolute Gasteiger partial charge is 0.0198 e. The molecule has 0 nitrogen and oxygen atoms in total. The summed E-state index contributed by atoms with van der Waals surface area (Å²) >= 11 is 2.07. The molecule has 0 amide bonds. The predicted molar refractivity (Wildman–Crippen MR) is 48.0 cm³/mol. The molecule has 0 aromatic heterocycles. The van der Waals surface area contributed by atoms with E-state index in [1.54, 1.807) is 5.56 Å². The van der Waals surface area contributed by atoms with Crippen LogP contribution in [0.5, 0.6) is 0 Å². The van der Waals surface area contributed by atoms with Gasteiger partial charge in [-0.25, -0.2) is 0 Å². The lowest BCUT2D eigenvalue weighted by Crippen LogP contribution is -1.82. The van der Waals surface area contributed by atoms with Gasteiger partial charge in [-0.1, -0.05) is 25.1 Å². The van der Waals surface area contributed by atoms with Crippen molar-refractivity contribution < 1.29 is 0 Å². The zero-order valence-electron chi connectivity index (χ0n) is 6.45. The number of benzene rings is 1. The highest BCUT2D eigenvalue weighted by Gasteiger charge is 2.53. The molecule has 1 aromatic rings. The molecule has 0 N–H and O–H groups in total. The van der Waals surface area contributed by atoms with Crippen LogP contribution in [-0.4, -0.2) is 5.25 Å². The summed E-state index contributed by atoms with van der Waals surface area (Å²) in [6, 6.07) is 8.84. The first-order valence-electron chi connectivity index (χ1n) is 4.13. The van der Waals surface area contributed by atoms with E-state index in [0.717, 1.165) is 17.1 Å². The maximum Gasteiger partial charge on any atom is 0.0198 e. The number of rotatable bonds is 0. The Morgan fingerprint density at radius 1 is 1.27 bits per heavy atom. The van der Waals surface area contributed by atoms with Gasteiger partial charge in [0.05, 0.1) is 0 Å². The minimum atomic E-state index is 0.899. The molecule has 1 saturated carbocycles. The van der Waals surface area contributed by atoms with Crippen LogP contribution in [0.1, 0.15) is 18.4 Å². The van der Waals surface area contributed by atoms with Crippen molar-refractivity contribution in [2.24, 2.45) is 5.92 Å². The lowest BCUT2D eigenvalue weighted by molar-refractivity contribution is 0.895. The van der Waals surface area contributed by atoms with Crippen LogP contribution in [0, 0.1) is 5.92 Å². The largest absolute Gasteiger partial charge is 0.121 e. The zero-order valence-corrected chi connectivity index (χ0v) is 7.27. The van der Waals surface area contributed by atoms with Crippen LogP contribution in [0.3, 0.4) is 0 Å². The summed E-state index contributed by atoms with van der Waals surface area (Å²) in [7, 11) is 0. The normalized spacial score (nSPS) is 38.1. The van der Waals surface area contributed by atoms with Crippen LogP contribution in [0.15, 0.2) is 29.2 Å². The molecule has 1 fully saturated rings. The van der Waals surface area contributed by atoms with E-state index in [1.165, 1.54) is 4.90 Å². The van der Waals surface area contributed by atoms with Crippen molar-refractivity contribution in [2.75, 3.05) is 0 Å². The Morgan fingerprint density at radius 3 is 3.00 bits per heavy atom. The van der Waals surface area contributed by atoms with Gasteiger partial charge >= 0.3 is 0 Å². The molecule has 3 atom stereocenters. The average molecular weight is 162 g/mol. The summed E-state index contributed by atoms with van der Waals surface area (Å²) in [4.78, 5) is 1.53. The standard InChI is InChI=1S/C10H10S/c1-6-9-7-4-2-3-5-8(7)11-10(6)9/h2-6,9-10H,1H3. The first-order valence-corrected chi connectivity index (χ1v) is 5.01. The fourth-order valence-corrected chi connectivity index (χ4v) is 3.70. The van der Waals surface area contributed by atoms with E-state index >= 15 is 0 Å². The van der Waals surface area contributed by atoms with Crippen LogP contribution < -0.4 is 0 Å². The van der Waals surface area contributed by atoms with Gasteiger partial charge in [-0.2, -0.15) is 0 Å². The van der Waals surface area contributed by atoms with Gasteiger partial charge in [0.25, 0.3) is 0 Å². The van der Waals surface area contributed by atoms with E-state index in [0.29, 0.717) is 0 Å². The van der Waals surface area contributed by atoms with Crippen LogP contribution in [0.25, 0.3) is 0 Å². The molecule has 11 heavy (non-hydrogen) atoms. The second-order valence-electron chi connectivity index (χ2n) is 3.51. The highest BCUT2D eigenvalue weighted by Crippen LogP contribution is 2.64. The van der Waals surface area contributed by atoms with Crippen LogP contribution >= 0.6 is 11.8 Å². The van der Waals surface area contributed by atoms with Crippen LogP contribution in [-0.2, 0) is 0 Å². The first-order chi connectivity index (χ1) is 5.38. The Labute approximate surface area is 71.0 Å². The molecule has 1 aromatic carbocycles. The van der Waals surface area contributed by atoms with Crippen molar-refractivity contribution in [1.82, 2.24) is 0 Å². The van der Waals surface area contributed by atoms with Crippen molar-refractivity contribution in [3.05, 3.63) is 29.8 Å². The summed E-state index contributed by atoms with van der Waals surface area (Å²) in [5.41, 5.74) is 1.61. The van der Waals surface area contributed by atoms with E-state index in [9.17, 15) is 0 Å². The Hall–Kier alpha value is -0.430. The molecule has 0 saturated heterocycles. The van der Waals surface area contributed by atoms with Gasteiger partial charge in [0.2, 0.25) is 0 Å². The third-order valence-corrected chi connectivity index (χ3v) is 4.46. The summed E-state index contributed by atoms with van der Waals surface area (Å²) in [6.45, 7) is 2.36. The lowest BCUT2D eigenvalue weighted by Gasteiger charge is -2.01. The quantitative estimate of drug-likeness (QED) is 0.565. The maximum atomic E-state index is 2.36. The summed E-state index contributed by atoms with van der Waals surface area (Å²) in [5.74, 6) is 1.84. The molecule has 0 radical (unpaired) electrons. The molecular weight excluding hydrogens is 152 g/mol. The number of thioether (sulfide) groups is 1. The third-order valence-electron chi connectivity index (χ3n) is 2.84. The minimum Gasteiger partial charge on any atom is -0.121 e. The Kier molecular flexibility index (Phi) is 1.02. The van der Waals surface area contributed by atoms with Gasteiger partial charge < -0.3 is 0 Å². The fraction of sp³-hybridized carbons (Fsp3) is 0.400. The molecule has 56 valence electrons. The van der Waals surface area contributed by atoms with Gasteiger partial charge in [-0.3, -0.25) is 0 Å². The Balaban J connectivity index is 2.13. The van der Waals surface area contributed by atoms with Gasteiger partial charge in [0.1, 0.15) is 0 Å². The van der Waals surface area contributed by atoms with E-state index in [-0.39, 0.29) is 0 Å². The van der Waals surface area contributed by atoms with Crippen molar-refractivity contribution in [3.63, 3.8) is 0 Å².